The van der Waals surface area contributed by atoms with E-state index in [4.69, 9.17) is 9.97 Å². The number of para-hydroxylation sites is 2. The van der Waals surface area contributed by atoms with E-state index in [0.29, 0.717) is 5.82 Å². The Morgan fingerprint density at radius 3 is 1.41 bits per heavy atom. The van der Waals surface area contributed by atoms with E-state index < -0.39 is 0 Å². The monoisotopic (exact) mass is 714 g/mol. The van der Waals surface area contributed by atoms with Crippen LogP contribution in [0.25, 0.3) is 100 Å². The maximum atomic E-state index is 5.35. The number of aromatic nitrogens is 4. The molecule has 3 aromatic heterocycles. The highest BCUT2D eigenvalue weighted by Crippen LogP contribution is 2.42. The van der Waals surface area contributed by atoms with E-state index in [0.717, 1.165) is 50.4 Å². The highest BCUT2D eigenvalue weighted by molar-refractivity contribution is 6.23. The molecule has 0 spiro atoms. The predicted octanol–water partition coefficient (Wildman–Crippen LogP) is 13.3. The Balaban J connectivity index is 1.18. The molecular weight excluding hydrogens is 681 g/mol. The standard InChI is InChI=1S/C52H34N4/c1-4-15-35(16-5-1)39-21-14-22-40(33-39)36-27-29-41(30-28-36)55-47-25-12-10-23-42(47)44-31-32-45-43-24-11-13-26-48(43)56(51(45)50(44)55)49-34-46(37-17-6-2-7-18-37)53-52(54-49)38-19-8-3-9-20-38/h1-34H. The van der Waals surface area contributed by atoms with Crippen molar-refractivity contribution in [3.63, 3.8) is 0 Å². The SMILES string of the molecule is c1ccc(-c2cccc(-c3ccc(-n4c5ccccc5c5ccc6c7ccccc7n(-c7cc(-c8ccccc8)nc(-c8ccccc8)n7)c6c54)cc3)c2)cc1. The van der Waals surface area contributed by atoms with Crippen molar-refractivity contribution < 1.29 is 0 Å². The van der Waals surface area contributed by atoms with E-state index in [-0.39, 0.29) is 0 Å². The van der Waals surface area contributed by atoms with Crippen LogP contribution in [0.5, 0.6) is 0 Å². The first-order valence-corrected chi connectivity index (χ1v) is 19.0. The summed E-state index contributed by atoms with van der Waals surface area (Å²) >= 11 is 0. The van der Waals surface area contributed by atoms with Gasteiger partial charge in [0, 0.05) is 44.4 Å². The van der Waals surface area contributed by atoms with Crippen molar-refractivity contribution in [3.8, 4) is 56.4 Å². The van der Waals surface area contributed by atoms with Gasteiger partial charge in [-0.3, -0.25) is 4.57 Å². The van der Waals surface area contributed by atoms with Crippen molar-refractivity contribution in [2.24, 2.45) is 0 Å². The van der Waals surface area contributed by atoms with E-state index >= 15 is 0 Å². The predicted molar refractivity (Wildman–Crippen MR) is 232 cm³/mol. The molecule has 0 bridgehead atoms. The van der Waals surface area contributed by atoms with Crippen molar-refractivity contribution in [1.29, 1.82) is 0 Å². The van der Waals surface area contributed by atoms with Crippen molar-refractivity contribution in [2.45, 2.75) is 0 Å². The highest BCUT2D eigenvalue weighted by Gasteiger charge is 2.22. The van der Waals surface area contributed by atoms with Crippen LogP contribution in [0.15, 0.2) is 206 Å². The van der Waals surface area contributed by atoms with Gasteiger partial charge in [-0.05, 0) is 52.6 Å². The Labute approximate surface area is 324 Å². The zero-order chi connectivity index (χ0) is 37.0. The quantitative estimate of drug-likeness (QED) is 0.172. The molecule has 4 nitrogen and oxygen atoms in total. The van der Waals surface area contributed by atoms with Crippen molar-refractivity contribution in [1.82, 2.24) is 19.1 Å². The number of hydrogen-bond donors (Lipinski definition) is 0. The molecule has 0 saturated heterocycles. The third-order valence-electron chi connectivity index (χ3n) is 10.9. The zero-order valence-corrected chi connectivity index (χ0v) is 30.4. The second kappa shape index (κ2) is 13.1. The fourth-order valence-corrected chi connectivity index (χ4v) is 8.34. The van der Waals surface area contributed by atoms with Crippen LogP contribution in [0, 0.1) is 0 Å². The average molecular weight is 715 g/mol. The van der Waals surface area contributed by atoms with Gasteiger partial charge in [0.15, 0.2) is 5.82 Å². The van der Waals surface area contributed by atoms with Crippen LogP contribution in [0.2, 0.25) is 0 Å². The molecule has 262 valence electrons. The van der Waals surface area contributed by atoms with E-state index in [1.807, 2.05) is 24.3 Å². The Morgan fingerprint density at radius 2 is 0.786 bits per heavy atom. The summed E-state index contributed by atoms with van der Waals surface area (Å²) in [5, 5.41) is 4.75. The number of rotatable bonds is 6. The van der Waals surface area contributed by atoms with Gasteiger partial charge in [0.05, 0.1) is 27.8 Å². The summed E-state index contributed by atoms with van der Waals surface area (Å²) in [7, 11) is 0. The summed E-state index contributed by atoms with van der Waals surface area (Å²) in [5.74, 6) is 1.51. The lowest BCUT2D eigenvalue weighted by Gasteiger charge is -2.14. The average Bonchev–Trinajstić information content (AvgIpc) is 3.80. The van der Waals surface area contributed by atoms with Crippen LogP contribution >= 0.6 is 0 Å². The Kier molecular flexibility index (Phi) is 7.46. The summed E-state index contributed by atoms with van der Waals surface area (Å²) in [5.41, 5.74) is 13.3. The molecule has 0 unspecified atom stereocenters. The lowest BCUT2D eigenvalue weighted by atomic mass is 9.99. The van der Waals surface area contributed by atoms with E-state index in [9.17, 15) is 0 Å². The minimum atomic E-state index is 0.688. The molecule has 0 aliphatic carbocycles. The van der Waals surface area contributed by atoms with E-state index in [2.05, 4.69) is 191 Å². The summed E-state index contributed by atoms with van der Waals surface area (Å²) in [6.07, 6.45) is 0. The Hall–Kier alpha value is -7.56. The normalized spacial score (nSPS) is 11.6. The molecule has 0 aliphatic rings. The van der Waals surface area contributed by atoms with Crippen molar-refractivity contribution in [2.75, 3.05) is 0 Å². The number of nitrogens with zero attached hydrogens (tertiary/aromatic N) is 4. The highest BCUT2D eigenvalue weighted by atomic mass is 15.1. The van der Waals surface area contributed by atoms with Gasteiger partial charge in [-0.1, -0.05) is 170 Å². The molecular formula is C52H34N4. The first-order valence-electron chi connectivity index (χ1n) is 19.0. The van der Waals surface area contributed by atoms with Gasteiger partial charge in [-0.2, -0.15) is 0 Å². The minimum absolute atomic E-state index is 0.688. The van der Waals surface area contributed by atoms with E-state index in [1.54, 1.807) is 0 Å². The summed E-state index contributed by atoms with van der Waals surface area (Å²) in [4.78, 5) is 10.5. The Bertz CT molecular complexity index is 3160. The zero-order valence-electron chi connectivity index (χ0n) is 30.4. The number of benzene rings is 8. The van der Waals surface area contributed by atoms with Crippen molar-refractivity contribution in [3.05, 3.63) is 206 Å². The van der Waals surface area contributed by atoms with Crippen LogP contribution in [-0.4, -0.2) is 19.1 Å². The fourth-order valence-electron chi connectivity index (χ4n) is 8.34. The summed E-state index contributed by atoms with van der Waals surface area (Å²) in [6, 6.07) is 73.2. The third kappa shape index (κ3) is 5.23. The van der Waals surface area contributed by atoms with Gasteiger partial charge in [-0.15, -0.1) is 0 Å². The van der Waals surface area contributed by atoms with Crippen molar-refractivity contribution >= 4 is 43.6 Å². The Morgan fingerprint density at radius 1 is 0.304 bits per heavy atom. The molecule has 56 heavy (non-hydrogen) atoms. The smallest absolute Gasteiger partial charge is 0.162 e. The largest absolute Gasteiger partial charge is 0.307 e. The maximum Gasteiger partial charge on any atom is 0.162 e. The van der Waals surface area contributed by atoms with Crippen LogP contribution in [0.3, 0.4) is 0 Å². The number of fused-ring (bicyclic) bond motifs is 7. The fraction of sp³-hybridized carbons (Fsp3) is 0. The van der Waals surface area contributed by atoms with E-state index in [1.165, 1.54) is 43.8 Å². The minimum Gasteiger partial charge on any atom is -0.307 e. The molecule has 0 amide bonds. The van der Waals surface area contributed by atoms with Crippen LogP contribution < -0.4 is 0 Å². The molecule has 4 heteroatoms. The molecule has 0 N–H and O–H groups in total. The molecule has 11 aromatic rings. The van der Waals surface area contributed by atoms with Crippen LogP contribution in [0.4, 0.5) is 0 Å². The van der Waals surface area contributed by atoms with Gasteiger partial charge >= 0.3 is 0 Å². The summed E-state index contributed by atoms with van der Waals surface area (Å²) < 4.78 is 4.79. The molecule has 0 atom stereocenters. The number of hydrogen-bond acceptors (Lipinski definition) is 2. The lowest BCUT2D eigenvalue weighted by Crippen LogP contribution is -2.04. The van der Waals surface area contributed by atoms with Gasteiger partial charge in [-0.25, -0.2) is 9.97 Å². The molecule has 0 radical (unpaired) electrons. The summed E-state index contributed by atoms with van der Waals surface area (Å²) in [6.45, 7) is 0. The lowest BCUT2D eigenvalue weighted by molar-refractivity contribution is 1.05. The van der Waals surface area contributed by atoms with Crippen LogP contribution in [-0.2, 0) is 0 Å². The second-order valence-electron chi connectivity index (χ2n) is 14.2. The van der Waals surface area contributed by atoms with Crippen LogP contribution in [0.1, 0.15) is 0 Å². The van der Waals surface area contributed by atoms with Gasteiger partial charge in [0.25, 0.3) is 0 Å². The van der Waals surface area contributed by atoms with Gasteiger partial charge < -0.3 is 4.57 Å². The third-order valence-corrected chi connectivity index (χ3v) is 10.9. The molecule has 0 fully saturated rings. The van der Waals surface area contributed by atoms with Gasteiger partial charge in [0.1, 0.15) is 5.82 Å². The molecule has 0 saturated carbocycles. The first kappa shape index (κ1) is 31.9. The molecule has 3 heterocycles. The topological polar surface area (TPSA) is 35.6 Å². The molecule has 11 rings (SSSR count). The second-order valence-corrected chi connectivity index (χ2v) is 14.2. The molecule has 0 aliphatic heterocycles. The first-order chi connectivity index (χ1) is 27.8. The molecule has 8 aromatic carbocycles. The maximum absolute atomic E-state index is 5.35. The van der Waals surface area contributed by atoms with Gasteiger partial charge in [0.2, 0.25) is 0 Å².